The molecule has 0 N–H and O–H groups in total. The Balaban J connectivity index is 1.33. The number of nitriles is 1. The van der Waals surface area contributed by atoms with Gasteiger partial charge in [0.05, 0.1) is 28.4 Å². The number of hydrogen-bond donors (Lipinski definition) is 0. The molecule has 5 nitrogen and oxygen atoms in total. The molecule has 2 aromatic heterocycles. The highest BCUT2D eigenvalue weighted by atomic mass is 15.0. The van der Waals surface area contributed by atoms with Crippen molar-refractivity contribution in [1.82, 2.24) is 19.5 Å². The first-order valence-electron chi connectivity index (χ1n) is 15.5. The lowest BCUT2D eigenvalue weighted by atomic mass is 10.00. The third-order valence-electron chi connectivity index (χ3n) is 8.84. The summed E-state index contributed by atoms with van der Waals surface area (Å²) in [5.74, 6) is 1.82. The third-order valence-corrected chi connectivity index (χ3v) is 8.84. The molecule has 7 aromatic carbocycles. The Morgan fingerprint density at radius 3 is 1.62 bits per heavy atom. The lowest BCUT2D eigenvalue weighted by Crippen LogP contribution is -2.00. The summed E-state index contributed by atoms with van der Waals surface area (Å²) in [6.45, 7) is 0. The van der Waals surface area contributed by atoms with Crippen LogP contribution in [0.2, 0.25) is 0 Å². The predicted octanol–water partition coefficient (Wildman–Crippen LogP) is 10.1. The van der Waals surface area contributed by atoms with Crippen LogP contribution in [0.4, 0.5) is 0 Å². The van der Waals surface area contributed by atoms with Crippen LogP contribution >= 0.6 is 0 Å². The topological polar surface area (TPSA) is 67.4 Å². The highest BCUT2D eigenvalue weighted by Gasteiger charge is 2.19. The molecule has 0 aliphatic carbocycles. The quantitative estimate of drug-likeness (QED) is 0.189. The Hall–Kier alpha value is -6.64. The van der Waals surface area contributed by atoms with Gasteiger partial charge in [0, 0.05) is 32.8 Å². The lowest BCUT2D eigenvalue weighted by Gasteiger charge is -2.14. The zero-order valence-corrected chi connectivity index (χ0v) is 25.2. The minimum Gasteiger partial charge on any atom is -0.309 e. The SMILES string of the molecule is N#Cc1ccc2c(c1)c1cc(-c3nc(-c4ccccc4)nc(-c4ccccc4)n3)ccc1n2-c1cc2ccccc2c2ccccc12. The van der Waals surface area contributed by atoms with Gasteiger partial charge in [-0.1, -0.05) is 109 Å². The molecule has 0 unspecified atom stereocenters. The first kappa shape index (κ1) is 26.7. The molecule has 5 heteroatoms. The summed E-state index contributed by atoms with van der Waals surface area (Å²) >= 11 is 0. The normalized spacial score (nSPS) is 11.4. The van der Waals surface area contributed by atoms with E-state index >= 15 is 0 Å². The van der Waals surface area contributed by atoms with Crippen molar-refractivity contribution in [2.75, 3.05) is 0 Å². The molecule has 9 rings (SSSR count). The fourth-order valence-corrected chi connectivity index (χ4v) is 6.65. The van der Waals surface area contributed by atoms with Crippen molar-refractivity contribution in [1.29, 1.82) is 5.26 Å². The zero-order chi connectivity index (χ0) is 31.3. The average Bonchev–Trinajstić information content (AvgIpc) is 3.47. The highest BCUT2D eigenvalue weighted by Crippen LogP contribution is 2.39. The smallest absolute Gasteiger partial charge is 0.164 e. The number of rotatable bonds is 4. The maximum absolute atomic E-state index is 9.88. The van der Waals surface area contributed by atoms with E-state index in [-0.39, 0.29) is 0 Å². The maximum Gasteiger partial charge on any atom is 0.164 e. The molecule has 0 saturated heterocycles. The van der Waals surface area contributed by atoms with Crippen molar-refractivity contribution < 1.29 is 0 Å². The molecule has 0 aliphatic heterocycles. The van der Waals surface area contributed by atoms with Crippen LogP contribution in [-0.2, 0) is 0 Å². The summed E-state index contributed by atoms with van der Waals surface area (Å²) in [5.41, 5.74) is 6.50. The molecule has 0 amide bonds. The molecule has 47 heavy (non-hydrogen) atoms. The van der Waals surface area contributed by atoms with Crippen molar-refractivity contribution in [2.45, 2.75) is 0 Å². The Morgan fingerprint density at radius 2 is 0.957 bits per heavy atom. The molecule has 0 atom stereocenters. The minimum atomic E-state index is 0.591. The Labute approximate surface area is 270 Å². The van der Waals surface area contributed by atoms with E-state index in [9.17, 15) is 5.26 Å². The predicted molar refractivity (Wildman–Crippen MR) is 190 cm³/mol. The van der Waals surface area contributed by atoms with Crippen LogP contribution in [0.15, 0.2) is 152 Å². The molecule has 218 valence electrons. The van der Waals surface area contributed by atoms with Gasteiger partial charge in [-0.3, -0.25) is 0 Å². The number of benzene rings is 7. The van der Waals surface area contributed by atoms with Gasteiger partial charge >= 0.3 is 0 Å². The molecule has 9 aromatic rings. The van der Waals surface area contributed by atoms with E-state index in [0.29, 0.717) is 23.0 Å². The van der Waals surface area contributed by atoms with Gasteiger partial charge < -0.3 is 4.57 Å². The van der Waals surface area contributed by atoms with Crippen molar-refractivity contribution in [3.63, 3.8) is 0 Å². The van der Waals surface area contributed by atoms with Gasteiger partial charge in [0.1, 0.15) is 0 Å². The van der Waals surface area contributed by atoms with Crippen LogP contribution in [-0.4, -0.2) is 19.5 Å². The Bertz CT molecular complexity index is 2630. The van der Waals surface area contributed by atoms with Crippen LogP contribution in [0.5, 0.6) is 0 Å². The largest absolute Gasteiger partial charge is 0.309 e. The summed E-state index contributed by atoms with van der Waals surface area (Å²) in [4.78, 5) is 14.8. The standard InChI is InChI=1S/C42H25N5/c43-26-27-19-21-37-35(23-27)36-24-31(42-45-40(28-11-3-1-4-12-28)44-41(46-42)29-13-5-2-6-14-29)20-22-38(36)47(37)39-25-30-15-7-8-16-32(30)33-17-9-10-18-34(33)39/h1-25H. The third kappa shape index (κ3) is 4.43. The Morgan fingerprint density at radius 1 is 0.426 bits per heavy atom. The van der Waals surface area contributed by atoms with Gasteiger partial charge in [0.15, 0.2) is 17.5 Å². The van der Waals surface area contributed by atoms with E-state index in [2.05, 4.69) is 89.5 Å². The van der Waals surface area contributed by atoms with E-state index in [1.165, 1.54) is 16.2 Å². The van der Waals surface area contributed by atoms with Crippen molar-refractivity contribution in [3.05, 3.63) is 157 Å². The fourth-order valence-electron chi connectivity index (χ4n) is 6.65. The van der Waals surface area contributed by atoms with Crippen LogP contribution in [0.3, 0.4) is 0 Å². The van der Waals surface area contributed by atoms with Gasteiger partial charge in [-0.25, -0.2) is 15.0 Å². The van der Waals surface area contributed by atoms with Crippen LogP contribution in [0, 0.1) is 11.3 Å². The van der Waals surface area contributed by atoms with Gasteiger partial charge in [0.2, 0.25) is 0 Å². The highest BCUT2D eigenvalue weighted by molar-refractivity contribution is 6.15. The van der Waals surface area contributed by atoms with Gasteiger partial charge in [-0.05, 0) is 58.6 Å². The molecule has 0 spiro atoms. The lowest BCUT2D eigenvalue weighted by molar-refractivity contribution is 1.07. The summed E-state index contributed by atoms with van der Waals surface area (Å²) in [7, 11) is 0. The van der Waals surface area contributed by atoms with Crippen LogP contribution in [0.1, 0.15) is 5.56 Å². The van der Waals surface area contributed by atoms with Crippen molar-refractivity contribution in [3.8, 4) is 45.9 Å². The van der Waals surface area contributed by atoms with E-state index in [0.717, 1.165) is 49.6 Å². The molecule has 0 saturated carbocycles. The van der Waals surface area contributed by atoms with Gasteiger partial charge in [-0.15, -0.1) is 0 Å². The molecular weight excluding hydrogens is 574 g/mol. The number of nitrogens with zero attached hydrogens (tertiary/aromatic N) is 5. The monoisotopic (exact) mass is 599 g/mol. The second-order valence-electron chi connectivity index (χ2n) is 11.6. The molecule has 0 fully saturated rings. The molecule has 0 aliphatic rings. The summed E-state index contributed by atoms with van der Waals surface area (Å²) in [6, 6.07) is 54.0. The fraction of sp³-hybridized carbons (Fsp3) is 0. The second kappa shape index (κ2) is 10.8. The summed E-state index contributed by atoms with van der Waals surface area (Å²) < 4.78 is 2.32. The maximum atomic E-state index is 9.88. The van der Waals surface area contributed by atoms with Gasteiger partial charge in [-0.2, -0.15) is 5.26 Å². The zero-order valence-electron chi connectivity index (χ0n) is 25.2. The molecule has 2 heterocycles. The first-order valence-corrected chi connectivity index (χ1v) is 15.5. The molecule has 0 bridgehead atoms. The van der Waals surface area contributed by atoms with Crippen LogP contribution < -0.4 is 0 Å². The molecular formula is C42H25N5. The number of hydrogen-bond acceptors (Lipinski definition) is 4. The van der Waals surface area contributed by atoms with Crippen molar-refractivity contribution in [2.24, 2.45) is 0 Å². The van der Waals surface area contributed by atoms with Gasteiger partial charge in [0.25, 0.3) is 0 Å². The number of fused-ring (bicyclic) bond motifs is 6. The first-order chi connectivity index (χ1) is 23.2. The average molecular weight is 600 g/mol. The number of aromatic nitrogens is 4. The minimum absolute atomic E-state index is 0.591. The summed E-state index contributed by atoms with van der Waals surface area (Å²) in [6.07, 6.45) is 0. The summed E-state index contributed by atoms with van der Waals surface area (Å²) in [5, 5.41) is 16.7. The van der Waals surface area contributed by atoms with Crippen LogP contribution in [0.25, 0.3) is 83.2 Å². The molecule has 0 radical (unpaired) electrons. The van der Waals surface area contributed by atoms with E-state index in [1.807, 2.05) is 72.8 Å². The van der Waals surface area contributed by atoms with E-state index in [4.69, 9.17) is 15.0 Å². The second-order valence-corrected chi connectivity index (χ2v) is 11.6. The van der Waals surface area contributed by atoms with E-state index in [1.54, 1.807) is 0 Å². The Kier molecular flexibility index (Phi) is 6.12. The van der Waals surface area contributed by atoms with Crippen molar-refractivity contribution >= 4 is 43.4 Å². The van der Waals surface area contributed by atoms with E-state index < -0.39 is 0 Å².